The molecule has 0 amide bonds. The molecule has 0 aliphatic carbocycles. The van der Waals surface area contributed by atoms with Crippen LogP contribution in [0.1, 0.15) is 5.56 Å². The number of sulfonamides is 1. The maximum Gasteiger partial charge on any atom is 0.241 e. The van der Waals surface area contributed by atoms with Crippen molar-refractivity contribution in [3.8, 4) is 11.5 Å². The van der Waals surface area contributed by atoms with Crippen LogP contribution in [-0.2, 0) is 10.0 Å². The molecule has 0 saturated heterocycles. The standard InChI is InChI=1S/C11H16N2O4S.ClH/c1-8-5-9-10(17-7-16-9)6-11(8)18(14,15)13-4-3-12-2;/h5-6,12-13H,3-4,7H2,1-2H3;1H. The highest BCUT2D eigenvalue weighted by atomic mass is 35.5. The van der Waals surface area contributed by atoms with Crippen LogP contribution in [0, 0.1) is 6.92 Å². The minimum Gasteiger partial charge on any atom is -0.454 e. The Morgan fingerprint density at radius 1 is 1.21 bits per heavy atom. The number of hydrogen-bond donors (Lipinski definition) is 2. The van der Waals surface area contributed by atoms with Crippen molar-refractivity contribution in [1.29, 1.82) is 0 Å². The molecule has 2 rings (SSSR count). The summed E-state index contributed by atoms with van der Waals surface area (Å²) in [5.74, 6) is 1.05. The minimum absolute atomic E-state index is 0. The minimum atomic E-state index is -3.51. The molecule has 0 unspecified atom stereocenters. The topological polar surface area (TPSA) is 76.7 Å². The molecule has 1 aliphatic rings. The van der Waals surface area contributed by atoms with Gasteiger partial charge in [-0.1, -0.05) is 0 Å². The first kappa shape index (κ1) is 16.0. The Morgan fingerprint density at radius 2 is 1.84 bits per heavy atom. The number of ether oxygens (including phenoxy) is 2. The fraction of sp³-hybridized carbons (Fsp3) is 0.455. The van der Waals surface area contributed by atoms with Crippen LogP contribution in [0.5, 0.6) is 11.5 Å². The molecule has 108 valence electrons. The molecule has 1 aromatic rings. The predicted octanol–water partition coefficient (Wildman–Crippen LogP) is 0.643. The first-order valence-corrected chi connectivity index (χ1v) is 7.07. The van der Waals surface area contributed by atoms with E-state index >= 15 is 0 Å². The maximum absolute atomic E-state index is 12.1. The summed E-state index contributed by atoms with van der Waals surface area (Å²) in [5.41, 5.74) is 0.635. The molecule has 0 aromatic heterocycles. The lowest BCUT2D eigenvalue weighted by Gasteiger charge is -2.10. The average molecular weight is 309 g/mol. The number of rotatable bonds is 5. The van der Waals surface area contributed by atoms with Crippen LogP contribution >= 0.6 is 12.4 Å². The highest BCUT2D eigenvalue weighted by Crippen LogP contribution is 2.35. The fourth-order valence-corrected chi connectivity index (χ4v) is 2.97. The zero-order valence-corrected chi connectivity index (χ0v) is 12.4. The summed E-state index contributed by atoms with van der Waals surface area (Å²) >= 11 is 0. The van der Waals surface area contributed by atoms with Gasteiger partial charge in [-0.25, -0.2) is 13.1 Å². The molecule has 8 heteroatoms. The van der Waals surface area contributed by atoms with E-state index in [1.54, 1.807) is 20.0 Å². The lowest BCUT2D eigenvalue weighted by molar-refractivity contribution is 0.174. The van der Waals surface area contributed by atoms with Gasteiger partial charge < -0.3 is 14.8 Å². The van der Waals surface area contributed by atoms with Crippen molar-refractivity contribution in [2.24, 2.45) is 0 Å². The van der Waals surface area contributed by atoms with Crippen LogP contribution in [-0.4, -0.2) is 35.3 Å². The van der Waals surface area contributed by atoms with Crippen molar-refractivity contribution in [3.05, 3.63) is 17.7 Å². The van der Waals surface area contributed by atoms with Crippen LogP contribution in [0.2, 0.25) is 0 Å². The Hall–Kier alpha value is -1.02. The first-order chi connectivity index (χ1) is 8.54. The van der Waals surface area contributed by atoms with Gasteiger partial charge in [0.15, 0.2) is 11.5 Å². The Morgan fingerprint density at radius 3 is 2.47 bits per heavy atom. The van der Waals surface area contributed by atoms with Gasteiger partial charge >= 0.3 is 0 Å². The SMILES string of the molecule is CNCCNS(=O)(=O)c1cc2c(cc1C)OCO2.Cl. The fourth-order valence-electron chi connectivity index (χ4n) is 1.70. The summed E-state index contributed by atoms with van der Waals surface area (Å²) < 4.78 is 37.1. The molecule has 0 fully saturated rings. The molecule has 6 nitrogen and oxygen atoms in total. The van der Waals surface area contributed by atoms with Crippen molar-refractivity contribution in [2.75, 3.05) is 26.9 Å². The molecule has 0 atom stereocenters. The Balaban J connectivity index is 0.00000180. The van der Waals surface area contributed by atoms with Crippen molar-refractivity contribution in [1.82, 2.24) is 10.0 Å². The van der Waals surface area contributed by atoms with Gasteiger partial charge in [-0.3, -0.25) is 0 Å². The van der Waals surface area contributed by atoms with E-state index in [0.717, 1.165) is 0 Å². The summed E-state index contributed by atoms with van der Waals surface area (Å²) in [7, 11) is -1.75. The number of benzene rings is 1. The Labute approximate surface area is 118 Å². The Kier molecular flexibility index (Phi) is 5.42. The van der Waals surface area contributed by atoms with E-state index in [1.807, 2.05) is 0 Å². The summed E-state index contributed by atoms with van der Waals surface area (Å²) in [6, 6.07) is 3.17. The molecular weight excluding hydrogens is 292 g/mol. The van der Waals surface area contributed by atoms with E-state index in [9.17, 15) is 8.42 Å². The summed E-state index contributed by atoms with van der Waals surface area (Å²) in [5, 5.41) is 2.88. The quantitative estimate of drug-likeness (QED) is 0.781. The van der Waals surface area contributed by atoms with Gasteiger partial charge in [0, 0.05) is 19.2 Å². The molecule has 0 bridgehead atoms. The van der Waals surface area contributed by atoms with Gasteiger partial charge in [-0.2, -0.15) is 0 Å². The highest BCUT2D eigenvalue weighted by Gasteiger charge is 2.22. The molecule has 0 spiro atoms. The van der Waals surface area contributed by atoms with Crippen LogP contribution in [0.3, 0.4) is 0 Å². The smallest absolute Gasteiger partial charge is 0.241 e. The molecule has 1 aromatic carbocycles. The molecule has 0 saturated carbocycles. The first-order valence-electron chi connectivity index (χ1n) is 5.59. The van der Waals surface area contributed by atoms with E-state index in [0.29, 0.717) is 30.2 Å². The third-order valence-electron chi connectivity index (χ3n) is 2.63. The monoisotopic (exact) mass is 308 g/mol. The Bertz CT molecular complexity index is 548. The largest absolute Gasteiger partial charge is 0.454 e. The van der Waals surface area contributed by atoms with Gasteiger partial charge in [0.1, 0.15) is 0 Å². The van der Waals surface area contributed by atoms with E-state index in [2.05, 4.69) is 10.0 Å². The number of fused-ring (bicyclic) bond motifs is 1. The van der Waals surface area contributed by atoms with Gasteiger partial charge in [-0.15, -0.1) is 12.4 Å². The van der Waals surface area contributed by atoms with E-state index < -0.39 is 10.0 Å². The molecule has 2 N–H and O–H groups in total. The number of nitrogens with one attached hydrogen (secondary N) is 2. The van der Waals surface area contributed by atoms with Crippen molar-refractivity contribution in [3.63, 3.8) is 0 Å². The summed E-state index contributed by atoms with van der Waals surface area (Å²) in [6.07, 6.45) is 0. The zero-order chi connectivity index (χ0) is 13.2. The van der Waals surface area contributed by atoms with E-state index in [-0.39, 0.29) is 24.1 Å². The van der Waals surface area contributed by atoms with E-state index in [4.69, 9.17) is 9.47 Å². The number of hydrogen-bond acceptors (Lipinski definition) is 5. The second-order valence-electron chi connectivity index (χ2n) is 3.97. The molecule has 1 aliphatic heterocycles. The third-order valence-corrected chi connectivity index (χ3v) is 4.23. The second-order valence-corrected chi connectivity index (χ2v) is 5.71. The van der Waals surface area contributed by atoms with Crippen LogP contribution < -0.4 is 19.5 Å². The average Bonchev–Trinajstić information content (AvgIpc) is 2.75. The molecular formula is C11H17ClN2O4S. The van der Waals surface area contributed by atoms with Crippen LogP contribution in [0.25, 0.3) is 0 Å². The van der Waals surface area contributed by atoms with Gasteiger partial charge in [0.2, 0.25) is 16.8 Å². The lowest BCUT2D eigenvalue weighted by atomic mass is 10.2. The van der Waals surface area contributed by atoms with Gasteiger partial charge in [0.25, 0.3) is 0 Å². The van der Waals surface area contributed by atoms with Crippen molar-refractivity contribution >= 4 is 22.4 Å². The summed E-state index contributed by atoms with van der Waals surface area (Å²) in [4.78, 5) is 0.225. The highest BCUT2D eigenvalue weighted by molar-refractivity contribution is 7.89. The van der Waals surface area contributed by atoms with Crippen molar-refractivity contribution < 1.29 is 17.9 Å². The predicted molar refractivity (Wildman–Crippen MR) is 73.7 cm³/mol. The van der Waals surface area contributed by atoms with Crippen LogP contribution in [0.15, 0.2) is 17.0 Å². The molecule has 1 heterocycles. The van der Waals surface area contributed by atoms with Crippen LogP contribution in [0.4, 0.5) is 0 Å². The van der Waals surface area contributed by atoms with Gasteiger partial charge in [0.05, 0.1) is 4.90 Å². The number of halogens is 1. The van der Waals surface area contributed by atoms with Gasteiger partial charge in [-0.05, 0) is 25.6 Å². The number of likely N-dealkylation sites (N-methyl/N-ethyl adjacent to an activating group) is 1. The lowest BCUT2D eigenvalue weighted by Crippen LogP contribution is -2.30. The van der Waals surface area contributed by atoms with Crippen molar-refractivity contribution in [2.45, 2.75) is 11.8 Å². The number of aryl methyl sites for hydroxylation is 1. The summed E-state index contributed by atoms with van der Waals surface area (Å²) in [6.45, 7) is 2.77. The second kappa shape index (κ2) is 6.42. The normalized spacial score (nSPS) is 13.2. The zero-order valence-electron chi connectivity index (χ0n) is 10.7. The third kappa shape index (κ3) is 3.50. The maximum atomic E-state index is 12.1. The molecule has 0 radical (unpaired) electrons. The molecule has 19 heavy (non-hydrogen) atoms. The van der Waals surface area contributed by atoms with E-state index in [1.165, 1.54) is 6.07 Å².